The average Bonchev–Trinajstić information content (AvgIpc) is 2.39. The van der Waals surface area contributed by atoms with E-state index < -0.39 is 0 Å². The standard InChI is InChI=1S/C13H19N3O/c1-15-7-9-16(10-8-15)14-11-13(17)12-5-3-2-4-6-12/h2-6,14H,7-11H2,1H3. The Bertz CT molecular complexity index is 358. The van der Waals surface area contributed by atoms with Crippen molar-refractivity contribution >= 4 is 5.78 Å². The number of ketones is 1. The minimum absolute atomic E-state index is 0.143. The van der Waals surface area contributed by atoms with Crippen LogP contribution in [-0.2, 0) is 0 Å². The largest absolute Gasteiger partial charge is 0.304 e. The van der Waals surface area contributed by atoms with E-state index in [2.05, 4.69) is 22.4 Å². The van der Waals surface area contributed by atoms with Gasteiger partial charge in [0.2, 0.25) is 0 Å². The molecule has 4 heteroatoms. The fourth-order valence-electron chi connectivity index (χ4n) is 1.87. The lowest BCUT2D eigenvalue weighted by atomic mass is 10.1. The minimum atomic E-state index is 0.143. The first-order valence-electron chi connectivity index (χ1n) is 6.01. The summed E-state index contributed by atoms with van der Waals surface area (Å²) in [4.78, 5) is 14.1. The van der Waals surface area contributed by atoms with Gasteiger partial charge in [-0.2, -0.15) is 0 Å². The zero-order valence-corrected chi connectivity index (χ0v) is 10.2. The van der Waals surface area contributed by atoms with E-state index in [1.165, 1.54) is 0 Å². The molecule has 1 N–H and O–H groups in total. The van der Waals surface area contributed by atoms with Crippen molar-refractivity contribution in [1.29, 1.82) is 0 Å². The van der Waals surface area contributed by atoms with Gasteiger partial charge in [-0.15, -0.1) is 0 Å². The summed E-state index contributed by atoms with van der Waals surface area (Å²) >= 11 is 0. The smallest absolute Gasteiger partial charge is 0.178 e. The highest BCUT2D eigenvalue weighted by Gasteiger charge is 2.14. The number of hydrazine groups is 1. The molecule has 0 atom stereocenters. The van der Waals surface area contributed by atoms with Gasteiger partial charge in [0.15, 0.2) is 5.78 Å². The van der Waals surface area contributed by atoms with E-state index in [1.807, 2.05) is 30.3 Å². The van der Waals surface area contributed by atoms with Crippen LogP contribution in [0.5, 0.6) is 0 Å². The van der Waals surface area contributed by atoms with E-state index in [9.17, 15) is 4.79 Å². The Kier molecular flexibility index (Phi) is 4.25. The highest BCUT2D eigenvalue weighted by molar-refractivity contribution is 5.97. The van der Waals surface area contributed by atoms with Crippen LogP contribution in [0.1, 0.15) is 10.4 Å². The van der Waals surface area contributed by atoms with E-state index in [-0.39, 0.29) is 5.78 Å². The summed E-state index contributed by atoms with van der Waals surface area (Å²) in [6.45, 7) is 4.42. The molecule has 4 nitrogen and oxygen atoms in total. The molecular formula is C13H19N3O. The third-order valence-electron chi connectivity index (χ3n) is 3.06. The van der Waals surface area contributed by atoms with E-state index in [0.29, 0.717) is 6.54 Å². The first-order chi connectivity index (χ1) is 8.25. The predicted molar refractivity (Wildman–Crippen MR) is 67.8 cm³/mol. The van der Waals surface area contributed by atoms with Crippen molar-refractivity contribution in [3.8, 4) is 0 Å². The monoisotopic (exact) mass is 233 g/mol. The van der Waals surface area contributed by atoms with Gasteiger partial charge in [0.05, 0.1) is 6.54 Å². The van der Waals surface area contributed by atoms with E-state index >= 15 is 0 Å². The number of nitrogens with one attached hydrogen (secondary N) is 1. The topological polar surface area (TPSA) is 35.6 Å². The molecule has 0 aromatic heterocycles. The summed E-state index contributed by atoms with van der Waals surface area (Å²) in [5, 5.41) is 2.13. The number of carbonyl (C=O) groups excluding carboxylic acids is 1. The maximum absolute atomic E-state index is 11.9. The Balaban J connectivity index is 1.77. The van der Waals surface area contributed by atoms with E-state index in [1.54, 1.807) is 0 Å². The van der Waals surface area contributed by atoms with Gasteiger partial charge >= 0.3 is 0 Å². The first kappa shape index (κ1) is 12.2. The van der Waals surface area contributed by atoms with Crippen molar-refractivity contribution in [1.82, 2.24) is 15.3 Å². The Morgan fingerprint density at radius 2 is 1.82 bits per heavy atom. The van der Waals surface area contributed by atoms with Gasteiger partial charge in [0.1, 0.15) is 0 Å². The number of rotatable bonds is 4. The van der Waals surface area contributed by atoms with Gasteiger partial charge in [0, 0.05) is 31.7 Å². The molecule has 92 valence electrons. The molecule has 1 aliphatic heterocycles. The summed E-state index contributed by atoms with van der Waals surface area (Å²) in [6, 6.07) is 9.42. The number of Topliss-reactive ketones (excluding diaryl/α,β-unsaturated/α-hetero) is 1. The molecule has 0 unspecified atom stereocenters. The van der Waals surface area contributed by atoms with Crippen molar-refractivity contribution in [3.63, 3.8) is 0 Å². The number of likely N-dealkylation sites (N-methyl/N-ethyl adjacent to an activating group) is 1. The van der Waals surface area contributed by atoms with Crippen LogP contribution in [0.2, 0.25) is 0 Å². The van der Waals surface area contributed by atoms with Crippen LogP contribution in [0, 0.1) is 0 Å². The Labute approximate surface area is 102 Å². The molecule has 1 heterocycles. The van der Waals surface area contributed by atoms with Crippen LogP contribution < -0.4 is 5.43 Å². The van der Waals surface area contributed by atoms with Crippen LogP contribution in [0.4, 0.5) is 0 Å². The Hall–Kier alpha value is -1.23. The molecular weight excluding hydrogens is 214 g/mol. The molecule has 1 fully saturated rings. The van der Waals surface area contributed by atoms with Crippen molar-refractivity contribution in [2.75, 3.05) is 39.8 Å². The van der Waals surface area contributed by atoms with Gasteiger partial charge in [-0.1, -0.05) is 30.3 Å². The van der Waals surface area contributed by atoms with Gasteiger partial charge in [-0.05, 0) is 7.05 Å². The maximum Gasteiger partial charge on any atom is 0.178 e. The van der Waals surface area contributed by atoms with Crippen molar-refractivity contribution < 1.29 is 4.79 Å². The summed E-state index contributed by atoms with van der Waals surface area (Å²) in [5.74, 6) is 0.143. The van der Waals surface area contributed by atoms with Gasteiger partial charge in [-0.25, -0.2) is 10.4 Å². The lowest BCUT2D eigenvalue weighted by molar-refractivity contribution is 0.0838. The molecule has 1 aromatic carbocycles. The number of carbonyl (C=O) groups is 1. The average molecular weight is 233 g/mol. The number of benzene rings is 1. The van der Waals surface area contributed by atoms with Crippen LogP contribution in [0.3, 0.4) is 0 Å². The summed E-state index contributed by atoms with van der Waals surface area (Å²) in [5.41, 5.74) is 3.97. The summed E-state index contributed by atoms with van der Waals surface area (Å²) in [7, 11) is 2.12. The molecule has 0 aliphatic carbocycles. The van der Waals surface area contributed by atoms with Crippen LogP contribution in [-0.4, -0.2) is 55.5 Å². The van der Waals surface area contributed by atoms with Crippen LogP contribution in [0.25, 0.3) is 0 Å². The fraction of sp³-hybridized carbons (Fsp3) is 0.462. The molecule has 2 rings (SSSR count). The van der Waals surface area contributed by atoms with Crippen LogP contribution >= 0.6 is 0 Å². The second-order valence-corrected chi connectivity index (χ2v) is 4.41. The number of hydrogen-bond acceptors (Lipinski definition) is 4. The Morgan fingerprint density at radius 1 is 1.18 bits per heavy atom. The molecule has 1 aliphatic rings. The van der Waals surface area contributed by atoms with Crippen molar-refractivity contribution in [2.45, 2.75) is 0 Å². The molecule has 1 saturated heterocycles. The molecule has 0 bridgehead atoms. The predicted octanol–water partition coefficient (Wildman–Crippen LogP) is 0.621. The lowest BCUT2D eigenvalue weighted by Gasteiger charge is -2.32. The summed E-state index contributed by atoms with van der Waals surface area (Å²) in [6.07, 6.45) is 0. The quantitative estimate of drug-likeness (QED) is 0.773. The molecule has 0 saturated carbocycles. The lowest BCUT2D eigenvalue weighted by Crippen LogP contribution is -2.51. The number of nitrogens with zero attached hydrogens (tertiary/aromatic N) is 2. The second-order valence-electron chi connectivity index (χ2n) is 4.41. The molecule has 1 aromatic rings. The Morgan fingerprint density at radius 3 is 2.47 bits per heavy atom. The van der Waals surface area contributed by atoms with Crippen LogP contribution in [0.15, 0.2) is 30.3 Å². The highest BCUT2D eigenvalue weighted by Crippen LogP contribution is 2.00. The van der Waals surface area contributed by atoms with Crippen molar-refractivity contribution in [3.05, 3.63) is 35.9 Å². The van der Waals surface area contributed by atoms with E-state index in [0.717, 1.165) is 31.7 Å². The third-order valence-corrected chi connectivity index (χ3v) is 3.06. The number of piperazine rings is 1. The second kappa shape index (κ2) is 5.91. The first-order valence-corrected chi connectivity index (χ1v) is 6.01. The molecule has 17 heavy (non-hydrogen) atoms. The highest BCUT2D eigenvalue weighted by atomic mass is 16.1. The molecule has 0 amide bonds. The third kappa shape index (κ3) is 3.63. The molecule has 0 radical (unpaired) electrons. The zero-order chi connectivity index (χ0) is 12.1. The maximum atomic E-state index is 11.9. The van der Waals surface area contributed by atoms with E-state index in [4.69, 9.17) is 0 Å². The van der Waals surface area contributed by atoms with Crippen molar-refractivity contribution in [2.24, 2.45) is 0 Å². The SMILES string of the molecule is CN1CCN(NCC(=O)c2ccccc2)CC1. The summed E-state index contributed by atoms with van der Waals surface area (Å²) < 4.78 is 0. The zero-order valence-electron chi connectivity index (χ0n) is 10.2. The van der Waals surface area contributed by atoms with Gasteiger partial charge < -0.3 is 4.90 Å². The number of hydrogen-bond donors (Lipinski definition) is 1. The minimum Gasteiger partial charge on any atom is -0.304 e. The fourth-order valence-corrected chi connectivity index (χ4v) is 1.87. The normalized spacial score (nSPS) is 18.2. The van der Waals surface area contributed by atoms with Gasteiger partial charge in [-0.3, -0.25) is 4.79 Å². The molecule has 0 spiro atoms. The van der Waals surface area contributed by atoms with Gasteiger partial charge in [0.25, 0.3) is 0 Å².